The van der Waals surface area contributed by atoms with Gasteiger partial charge in [0.2, 0.25) is 0 Å². The summed E-state index contributed by atoms with van der Waals surface area (Å²) in [4.78, 5) is 2.34. The summed E-state index contributed by atoms with van der Waals surface area (Å²) in [6.07, 6.45) is 7.72. The quantitative estimate of drug-likeness (QED) is 0.0500. The zero-order valence-electron chi connectivity index (χ0n) is 34.6. The summed E-state index contributed by atoms with van der Waals surface area (Å²) in [5.74, 6) is 29.8. The Balaban J connectivity index is 1.81. The lowest BCUT2D eigenvalue weighted by Gasteiger charge is -2.26. The number of ether oxygens (including phenoxy) is 5. The lowest BCUT2D eigenvalue weighted by atomic mass is 9.97. The minimum Gasteiger partial charge on any atom is -0.497 e. The number of methoxy groups -OCH3 is 4. The number of rotatable bonds is 20. The van der Waals surface area contributed by atoms with Gasteiger partial charge in [-0.1, -0.05) is 108 Å². The van der Waals surface area contributed by atoms with Gasteiger partial charge in [0.1, 0.15) is 23.7 Å². The lowest BCUT2D eigenvalue weighted by molar-refractivity contribution is 0.0313. The highest BCUT2D eigenvalue weighted by molar-refractivity contribution is 7.99. The number of unbranched alkanes of at least 4 members (excludes halogenated alkanes) is 4. The second-order valence-corrected chi connectivity index (χ2v) is 15.1. The van der Waals surface area contributed by atoms with E-state index in [0.29, 0.717) is 37.6 Å². The number of hydrogen-bond donors (Lipinski definition) is 0. The SMILES string of the molecule is COCCCCC#C/C(=C\C#CCSc1ccccc1)C(OC(/C(C#CCCCCOC)=C/C#CCSc1ccccc1)c1ccc(OC)cc1)c1ccc(OC)cc1. The first-order valence-electron chi connectivity index (χ1n) is 19.8. The molecule has 4 rings (SSSR count). The van der Waals surface area contributed by atoms with Gasteiger partial charge >= 0.3 is 0 Å². The summed E-state index contributed by atoms with van der Waals surface area (Å²) in [5.41, 5.74) is 3.30. The molecule has 0 radical (unpaired) electrons. The van der Waals surface area contributed by atoms with Crippen molar-refractivity contribution in [1.82, 2.24) is 0 Å². The Labute approximate surface area is 361 Å². The van der Waals surface area contributed by atoms with Crippen LogP contribution in [-0.4, -0.2) is 53.2 Å². The van der Waals surface area contributed by atoms with Crippen molar-refractivity contribution < 1.29 is 23.7 Å². The van der Waals surface area contributed by atoms with Crippen LogP contribution in [0.3, 0.4) is 0 Å². The molecule has 0 aliphatic rings. The van der Waals surface area contributed by atoms with Crippen molar-refractivity contribution in [3.8, 4) is 58.9 Å². The van der Waals surface area contributed by atoms with Crippen molar-refractivity contribution in [2.75, 3.05) is 53.2 Å². The molecule has 0 aliphatic heterocycles. The van der Waals surface area contributed by atoms with Crippen molar-refractivity contribution in [1.29, 1.82) is 0 Å². The van der Waals surface area contributed by atoms with Crippen LogP contribution in [0.4, 0.5) is 0 Å². The highest BCUT2D eigenvalue weighted by Crippen LogP contribution is 2.37. The summed E-state index contributed by atoms with van der Waals surface area (Å²) in [5, 5.41) is 0. The Bertz CT molecular complexity index is 1960. The molecule has 4 aromatic carbocycles. The smallest absolute Gasteiger partial charge is 0.118 e. The van der Waals surface area contributed by atoms with Gasteiger partial charge in [-0.15, -0.1) is 23.5 Å². The molecule has 0 N–H and O–H groups in total. The Kier molecular flexibility index (Phi) is 22.9. The van der Waals surface area contributed by atoms with E-state index in [-0.39, 0.29) is 0 Å². The largest absolute Gasteiger partial charge is 0.497 e. The fourth-order valence-corrected chi connectivity index (χ4v) is 6.92. The molecule has 7 heteroatoms. The molecular weight excluding hydrogens is 769 g/mol. The third kappa shape index (κ3) is 18.1. The first kappa shape index (κ1) is 46.5. The molecule has 0 saturated carbocycles. The van der Waals surface area contributed by atoms with Crippen LogP contribution in [0.25, 0.3) is 0 Å². The maximum Gasteiger partial charge on any atom is 0.118 e. The number of allylic oxidation sites excluding steroid dienone is 2. The van der Waals surface area contributed by atoms with Gasteiger partial charge < -0.3 is 23.7 Å². The predicted octanol–water partition coefficient (Wildman–Crippen LogP) is 11.6. The molecule has 0 fully saturated rings. The molecule has 0 aliphatic carbocycles. The van der Waals surface area contributed by atoms with Crippen LogP contribution < -0.4 is 9.47 Å². The first-order chi connectivity index (χ1) is 29.1. The molecule has 0 bridgehead atoms. The van der Waals surface area contributed by atoms with Crippen LogP contribution in [0.1, 0.15) is 61.9 Å². The van der Waals surface area contributed by atoms with Gasteiger partial charge in [0.25, 0.3) is 0 Å². The molecule has 59 heavy (non-hydrogen) atoms. The Hall–Kier alpha value is -5.22. The standard InChI is InChI=1S/C52H54O5S2/c1-53-39-19-7-5-11-23-43(25-17-21-41-58-49-27-13-9-14-28-49)51(45-31-35-47(55-3)36-32-45)57-52(46-33-37-48(56-4)38-34-46)44(24-12-6-8-20-40-54-2)26-18-22-42-59-50-29-15-10-16-30-50/h9-10,13-16,25-38,51-52H,5-8,19-20,39-42H2,1-4H3/b43-25+,44-26+. The number of benzene rings is 4. The average molecular weight is 823 g/mol. The summed E-state index contributed by atoms with van der Waals surface area (Å²) in [6, 6.07) is 36.4. The molecule has 0 saturated heterocycles. The second kappa shape index (κ2) is 29.1. The average Bonchev–Trinajstić information content (AvgIpc) is 3.28. The summed E-state index contributed by atoms with van der Waals surface area (Å²) in [7, 11) is 6.77. The maximum atomic E-state index is 7.33. The van der Waals surface area contributed by atoms with Gasteiger partial charge in [0.15, 0.2) is 0 Å². The van der Waals surface area contributed by atoms with Crippen LogP contribution in [0.15, 0.2) is 142 Å². The van der Waals surface area contributed by atoms with Crippen molar-refractivity contribution in [2.45, 2.75) is 60.5 Å². The molecule has 304 valence electrons. The van der Waals surface area contributed by atoms with Gasteiger partial charge in [-0.05, 0) is 85.3 Å². The normalized spacial score (nSPS) is 11.9. The van der Waals surface area contributed by atoms with Crippen LogP contribution >= 0.6 is 23.5 Å². The second-order valence-electron chi connectivity index (χ2n) is 13.0. The topological polar surface area (TPSA) is 46.2 Å². The van der Waals surface area contributed by atoms with Crippen molar-refractivity contribution >= 4 is 23.5 Å². The summed E-state index contributed by atoms with van der Waals surface area (Å²) < 4.78 is 29.0. The third-order valence-corrected chi connectivity index (χ3v) is 10.5. The van der Waals surface area contributed by atoms with E-state index < -0.39 is 12.2 Å². The highest BCUT2D eigenvalue weighted by atomic mass is 32.2. The van der Waals surface area contributed by atoms with E-state index in [2.05, 4.69) is 71.6 Å². The van der Waals surface area contributed by atoms with Gasteiger partial charge in [0.05, 0.1) is 25.7 Å². The van der Waals surface area contributed by atoms with E-state index in [1.807, 2.05) is 97.1 Å². The van der Waals surface area contributed by atoms with Crippen LogP contribution in [-0.2, 0) is 14.2 Å². The zero-order chi connectivity index (χ0) is 41.6. The molecule has 0 amide bonds. The van der Waals surface area contributed by atoms with Crippen LogP contribution in [0, 0.1) is 47.4 Å². The Morgan fingerprint density at radius 3 is 1.29 bits per heavy atom. The predicted molar refractivity (Wildman–Crippen MR) is 246 cm³/mol. The third-order valence-electron chi connectivity index (χ3n) is 8.71. The van der Waals surface area contributed by atoms with Gasteiger partial charge in [-0.3, -0.25) is 0 Å². The Morgan fingerprint density at radius 1 is 0.508 bits per heavy atom. The van der Waals surface area contributed by atoms with E-state index >= 15 is 0 Å². The molecule has 0 aromatic heterocycles. The minimum atomic E-state index is -0.607. The fraction of sp³-hybridized carbons (Fsp3) is 0.308. The van der Waals surface area contributed by atoms with Crippen LogP contribution in [0.5, 0.6) is 11.5 Å². The maximum absolute atomic E-state index is 7.33. The van der Waals surface area contributed by atoms with Gasteiger partial charge in [0, 0.05) is 73.4 Å². The first-order valence-corrected chi connectivity index (χ1v) is 21.7. The summed E-state index contributed by atoms with van der Waals surface area (Å²) >= 11 is 3.40. The molecule has 0 spiro atoms. The van der Waals surface area contributed by atoms with E-state index in [0.717, 1.165) is 59.5 Å². The molecule has 5 nitrogen and oxygen atoms in total. The Morgan fingerprint density at radius 2 is 0.915 bits per heavy atom. The van der Waals surface area contributed by atoms with Crippen molar-refractivity contribution in [3.63, 3.8) is 0 Å². The number of hydrogen-bond acceptors (Lipinski definition) is 7. The molecular formula is C52H54O5S2. The fourth-order valence-electron chi connectivity index (χ4n) is 5.57. The van der Waals surface area contributed by atoms with Gasteiger partial charge in [-0.25, -0.2) is 0 Å². The van der Waals surface area contributed by atoms with Crippen molar-refractivity contribution in [2.24, 2.45) is 0 Å². The van der Waals surface area contributed by atoms with E-state index in [4.69, 9.17) is 23.7 Å². The summed E-state index contributed by atoms with van der Waals surface area (Å²) in [6.45, 7) is 1.40. The zero-order valence-corrected chi connectivity index (χ0v) is 36.3. The molecule has 2 unspecified atom stereocenters. The lowest BCUT2D eigenvalue weighted by Crippen LogP contribution is -2.14. The van der Waals surface area contributed by atoms with E-state index in [9.17, 15) is 0 Å². The number of thioether (sulfide) groups is 2. The molecule has 0 heterocycles. The molecule has 4 aromatic rings. The monoisotopic (exact) mass is 822 g/mol. The van der Waals surface area contributed by atoms with Gasteiger partial charge in [-0.2, -0.15) is 0 Å². The van der Waals surface area contributed by atoms with E-state index in [1.165, 1.54) is 9.79 Å². The van der Waals surface area contributed by atoms with E-state index in [1.54, 1.807) is 52.0 Å². The minimum absolute atomic E-state index is 0.607. The van der Waals surface area contributed by atoms with Crippen molar-refractivity contribution in [3.05, 3.63) is 144 Å². The van der Waals surface area contributed by atoms with Crippen LogP contribution in [0.2, 0.25) is 0 Å². The molecule has 2 atom stereocenters. The highest BCUT2D eigenvalue weighted by Gasteiger charge is 2.26.